The van der Waals surface area contributed by atoms with Crippen LogP contribution in [0.25, 0.3) is 0 Å². The van der Waals surface area contributed by atoms with E-state index in [4.69, 9.17) is 34.8 Å². The van der Waals surface area contributed by atoms with E-state index in [0.717, 1.165) is 19.3 Å². The summed E-state index contributed by atoms with van der Waals surface area (Å²) in [5.41, 5.74) is 0.129. The molecule has 0 rings (SSSR count). The second-order valence-electron chi connectivity index (χ2n) is 3.31. The van der Waals surface area contributed by atoms with E-state index < -0.39 is 3.79 Å². The van der Waals surface area contributed by atoms with Crippen molar-refractivity contribution in [3.63, 3.8) is 0 Å². The molecule has 0 saturated heterocycles. The summed E-state index contributed by atoms with van der Waals surface area (Å²) in [4.78, 5) is 0. The van der Waals surface area contributed by atoms with Crippen LogP contribution in [0.15, 0.2) is 0 Å². The Labute approximate surface area is 96.1 Å². The first-order chi connectivity index (χ1) is 5.89. The molecule has 0 bridgehead atoms. The number of nitrogens with one attached hydrogen (secondary N) is 1. The lowest BCUT2D eigenvalue weighted by molar-refractivity contribution is 0.293. The Bertz CT molecular complexity index is 130. The molecule has 1 N–H and O–H groups in total. The monoisotopic (exact) mass is 245 g/mol. The van der Waals surface area contributed by atoms with Crippen molar-refractivity contribution < 1.29 is 0 Å². The average Bonchev–Trinajstić information content (AvgIpc) is 2.06. The Balaban J connectivity index is 4.11. The van der Waals surface area contributed by atoms with Crippen LogP contribution in [0.5, 0.6) is 0 Å². The van der Waals surface area contributed by atoms with Crippen LogP contribution in [0.4, 0.5) is 0 Å². The van der Waals surface area contributed by atoms with Gasteiger partial charge in [-0.05, 0) is 19.3 Å². The molecule has 4 heteroatoms. The highest BCUT2D eigenvalue weighted by Gasteiger charge is 2.28. The third kappa shape index (κ3) is 5.31. The molecular formula is C9H18Cl3N. The second kappa shape index (κ2) is 5.65. The minimum atomic E-state index is -1.19. The number of hydrogen-bond acceptors (Lipinski definition) is 1. The summed E-state index contributed by atoms with van der Waals surface area (Å²) in [7, 11) is 0. The summed E-state index contributed by atoms with van der Waals surface area (Å²) in [6, 6.07) is 0. The smallest absolute Gasteiger partial charge is 0.202 e. The zero-order valence-corrected chi connectivity index (χ0v) is 10.7. The maximum atomic E-state index is 5.68. The summed E-state index contributed by atoms with van der Waals surface area (Å²) in [5, 5.41) is 3.33. The Morgan fingerprint density at radius 3 is 1.54 bits per heavy atom. The van der Waals surface area contributed by atoms with Crippen LogP contribution in [0, 0.1) is 0 Å². The highest BCUT2D eigenvalue weighted by Crippen LogP contribution is 2.27. The van der Waals surface area contributed by atoms with E-state index in [1.807, 2.05) is 0 Å². The Kier molecular flexibility index (Phi) is 6.01. The van der Waals surface area contributed by atoms with Crippen LogP contribution in [-0.2, 0) is 0 Å². The van der Waals surface area contributed by atoms with Crippen LogP contribution in [0.1, 0.15) is 40.0 Å². The van der Waals surface area contributed by atoms with Crippen LogP contribution < -0.4 is 5.32 Å². The van der Waals surface area contributed by atoms with Crippen molar-refractivity contribution in [1.29, 1.82) is 0 Å². The van der Waals surface area contributed by atoms with E-state index in [9.17, 15) is 0 Å². The molecule has 80 valence electrons. The molecule has 0 amide bonds. The van der Waals surface area contributed by atoms with Crippen molar-refractivity contribution in [2.24, 2.45) is 0 Å². The highest BCUT2D eigenvalue weighted by molar-refractivity contribution is 6.67. The largest absolute Gasteiger partial charge is 0.307 e. The molecule has 1 nitrogen and oxygen atoms in total. The molecule has 0 aromatic carbocycles. The first-order valence-corrected chi connectivity index (χ1v) is 5.84. The number of rotatable bonds is 5. The normalized spacial score (nSPS) is 13.4. The van der Waals surface area contributed by atoms with E-state index in [2.05, 4.69) is 26.1 Å². The van der Waals surface area contributed by atoms with Crippen LogP contribution >= 0.6 is 34.8 Å². The van der Waals surface area contributed by atoms with Gasteiger partial charge in [0, 0.05) is 12.1 Å². The molecule has 0 atom stereocenters. The quantitative estimate of drug-likeness (QED) is 0.725. The molecule has 0 heterocycles. The maximum Gasteiger partial charge on any atom is 0.202 e. The molecule has 0 aliphatic rings. The molecule has 0 aromatic heterocycles. The van der Waals surface area contributed by atoms with Crippen molar-refractivity contribution >= 4 is 34.8 Å². The number of hydrogen-bond donors (Lipinski definition) is 1. The van der Waals surface area contributed by atoms with Crippen LogP contribution in [0.2, 0.25) is 0 Å². The lowest BCUT2D eigenvalue weighted by atomic mass is 9.90. The Hall–Kier alpha value is 0.830. The minimum absolute atomic E-state index is 0.129. The average molecular weight is 247 g/mol. The Morgan fingerprint density at radius 2 is 1.31 bits per heavy atom. The maximum absolute atomic E-state index is 5.68. The van der Waals surface area contributed by atoms with E-state index in [1.54, 1.807) is 0 Å². The fraction of sp³-hybridized carbons (Fsp3) is 1.00. The fourth-order valence-corrected chi connectivity index (χ4v) is 1.61. The third-order valence-corrected chi connectivity index (χ3v) is 3.10. The first kappa shape index (κ1) is 13.8. The van der Waals surface area contributed by atoms with Gasteiger partial charge in [-0.3, -0.25) is 0 Å². The number of halogens is 3. The van der Waals surface area contributed by atoms with Gasteiger partial charge in [0.05, 0.1) is 0 Å². The highest BCUT2D eigenvalue weighted by atomic mass is 35.6. The van der Waals surface area contributed by atoms with E-state index in [1.165, 1.54) is 0 Å². The summed E-state index contributed by atoms with van der Waals surface area (Å²) in [6.45, 7) is 6.86. The lowest BCUT2D eigenvalue weighted by Gasteiger charge is -2.33. The standard InChI is InChI=1S/C9H18Cl3N/c1-4-8(5-2,6-3)13-7-9(10,11)12/h13H,4-7H2,1-3H3. The minimum Gasteiger partial charge on any atom is -0.307 e. The van der Waals surface area contributed by atoms with Gasteiger partial charge in [-0.25, -0.2) is 0 Å². The molecule has 0 saturated carbocycles. The van der Waals surface area contributed by atoms with Crippen molar-refractivity contribution in [1.82, 2.24) is 5.32 Å². The van der Waals surface area contributed by atoms with E-state index in [0.29, 0.717) is 6.54 Å². The molecule has 0 fully saturated rings. The Morgan fingerprint density at radius 1 is 0.923 bits per heavy atom. The van der Waals surface area contributed by atoms with Crippen molar-refractivity contribution in [3.8, 4) is 0 Å². The predicted molar refractivity (Wildman–Crippen MR) is 61.9 cm³/mol. The topological polar surface area (TPSA) is 12.0 Å². The van der Waals surface area contributed by atoms with Crippen molar-refractivity contribution in [2.45, 2.75) is 49.4 Å². The first-order valence-electron chi connectivity index (χ1n) is 4.71. The van der Waals surface area contributed by atoms with E-state index >= 15 is 0 Å². The fourth-order valence-electron chi connectivity index (χ4n) is 1.41. The SMILES string of the molecule is CCC(CC)(CC)NCC(Cl)(Cl)Cl. The zero-order valence-electron chi connectivity index (χ0n) is 8.46. The van der Waals surface area contributed by atoms with Gasteiger partial charge < -0.3 is 5.32 Å². The molecule has 0 unspecified atom stereocenters. The molecule has 0 aliphatic heterocycles. The van der Waals surface area contributed by atoms with Crippen molar-refractivity contribution in [2.75, 3.05) is 6.54 Å². The summed E-state index contributed by atoms with van der Waals surface area (Å²) >= 11 is 17.0. The summed E-state index contributed by atoms with van der Waals surface area (Å²) in [5.74, 6) is 0. The molecule has 13 heavy (non-hydrogen) atoms. The molecule has 0 spiro atoms. The molecular weight excluding hydrogens is 228 g/mol. The second-order valence-corrected chi connectivity index (χ2v) is 5.83. The van der Waals surface area contributed by atoms with Gasteiger partial charge in [0.25, 0.3) is 0 Å². The zero-order chi connectivity index (χ0) is 10.5. The van der Waals surface area contributed by atoms with Gasteiger partial charge >= 0.3 is 0 Å². The summed E-state index contributed by atoms with van der Waals surface area (Å²) in [6.07, 6.45) is 3.17. The van der Waals surface area contributed by atoms with Gasteiger partial charge in [0.15, 0.2) is 0 Å². The van der Waals surface area contributed by atoms with Crippen LogP contribution in [-0.4, -0.2) is 15.9 Å². The van der Waals surface area contributed by atoms with Crippen LogP contribution in [0.3, 0.4) is 0 Å². The van der Waals surface area contributed by atoms with Gasteiger partial charge in [-0.15, -0.1) is 0 Å². The van der Waals surface area contributed by atoms with Gasteiger partial charge in [0.1, 0.15) is 0 Å². The summed E-state index contributed by atoms with van der Waals surface area (Å²) < 4.78 is -1.19. The van der Waals surface area contributed by atoms with E-state index in [-0.39, 0.29) is 5.54 Å². The lowest BCUT2D eigenvalue weighted by Crippen LogP contribution is -2.47. The molecule has 0 radical (unpaired) electrons. The van der Waals surface area contributed by atoms with Gasteiger partial charge in [0.2, 0.25) is 3.79 Å². The third-order valence-electron chi connectivity index (χ3n) is 2.69. The number of alkyl halides is 3. The molecule has 0 aliphatic carbocycles. The predicted octanol–water partition coefficient (Wildman–Crippen LogP) is 3.92. The van der Waals surface area contributed by atoms with Gasteiger partial charge in [-0.2, -0.15) is 0 Å². The van der Waals surface area contributed by atoms with Crippen molar-refractivity contribution in [3.05, 3.63) is 0 Å². The molecule has 0 aromatic rings. The van der Waals surface area contributed by atoms with Gasteiger partial charge in [-0.1, -0.05) is 55.6 Å².